The van der Waals surface area contributed by atoms with Gasteiger partial charge in [0, 0.05) is 12.1 Å². The lowest BCUT2D eigenvalue weighted by Crippen LogP contribution is -2.30. The molecule has 1 aromatic rings. The smallest absolute Gasteiger partial charge is 0.137 e. The topological polar surface area (TPSA) is 12.0 Å². The molecule has 0 saturated heterocycles. The van der Waals surface area contributed by atoms with Gasteiger partial charge in [-0.1, -0.05) is 26.3 Å². The summed E-state index contributed by atoms with van der Waals surface area (Å²) in [6.45, 7) is 8.82. The summed E-state index contributed by atoms with van der Waals surface area (Å²) in [5.74, 6) is 0.526. The van der Waals surface area contributed by atoms with Crippen molar-refractivity contribution in [1.82, 2.24) is 5.32 Å². The van der Waals surface area contributed by atoms with E-state index in [1.54, 1.807) is 0 Å². The van der Waals surface area contributed by atoms with Crippen molar-refractivity contribution < 1.29 is 4.39 Å². The van der Waals surface area contributed by atoms with Gasteiger partial charge in [-0.3, -0.25) is 0 Å². The van der Waals surface area contributed by atoms with Gasteiger partial charge in [-0.25, -0.2) is 4.39 Å². The Labute approximate surface area is 118 Å². The first kappa shape index (κ1) is 15.6. The minimum atomic E-state index is -0.210. The van der Waals surface area contributed by atoms with Gasteiger partial charge in [0.25, 0.3) is 0 Å². The third-order valence-corrected chi connectivity index (χ3v) is 4.04. The molecule has 0 aliphatic rings. The van der Waals surface area contributed by atoms with E-state index in [2.05, 4.69) is 48.9 Å². The van der Waals surface area contributed by atoms with Crippen molar-refractivity contribution in [3.05, 3.63) is 34.1 Å². The van der Waals surface area contributed by atoms with E-state index in [1.165, 1.54) is 18.9 Å². The van der Waals surface area contributed by atoms with E-state index in [1.807, 2.05) is 12.1 Å². The van der Waals surface area contributed by atoms with E-state index in [0.29, 0.717) is 10.5 Å². The van der Waals surface area contributed by atoms with Crippen LogP contribution in [0.3, 0.4) is 0 Å². The lowest BCUT2D eigenvalue weighted by atomic mass is 9.99. The van der Waals surface area contributed by atoms with E-state index >= 15 is 0 Å². The van der Waals surface area contributed by atoms with Gasteiger partial charge in [0.1, 0.15) is 5.82 Å². The maximum absolute atomic E-state index is 13.2. The summed E-state index contributed by atoms with van der Waals surface area (Å²) in [5, 5.41) is 3.56. The quantitative estimate of drug-likeness (QED) is 0.773. The van der Waals surface area contributed by atoms with Crippen molar-refractivity contribution in [3.8, 4) is 0 Å². The fourth-order valence-electron chi connectivity index (χ4n) is 2.14. The van der Waals surface area contributed by atoms with E-state index in [-0.39, 0.29) is 11.9 Å². The molecule has 0 amide bonds. The second kappa shape index (κ2) is 7.25. The molecule has 0 fully saturated rings. The first-order chi connectivity index (χ1) is 8.43. The predicted octanol–water partition coefficient (Wildman–Crippen LogP) is 5.06. The normalized spacial score (nSPS) is 16.3. The summed E-state index contributed by atoms with van der Waals surface area (Å²) >= 11 is 3.23. The molecule has 0 radical (unpaired) electrons. The zero-order valence-corrected chi connectivity index (χ0v) is 13.2. The molecule has 3 unspecified atom stereocenters. The van der Waals surface area contributed by atoms with Crippen LogP contribution in [-0.4, -0.2) is 6.04 Å². The van der Waals surface area contributed by atoms with E-state index in [4.69, 9.17) is 0 Å². The second-order valence-electron chi connectivity index (χ2n) is 5.21. The minimum Gasteiger partial charge on any atom is -0.308 e. The number of hydrogen-bond donors (Lipinski definition) is 1. The van der Waals surface area contributed by atoms with Crippen LogP contribution in [0.1, 0.15) is 52.1 Å². The van der Waals surface area contributed by atoms with E-state index < -0.39 is 0 Å². The molecule has 1 rings (SSSR count). The Morgan fingerprint density at radius 3 is 2.50 bits per heavy atom. The highest BCUT2D eigenvalue weighted by Gasteiger charge is 2.12. The molecular weight excluding hydrogens is 293 g/mol. The van der Waals surface area contributed by atoms with Crippen LogP contribution >= 0.6 is 15.9 Å². The predicted molar refractivity (Wildman–Crippen MR) is 79.2 cm³/mol. The van der Waals surface area contributed by atoms with Gasteiger partial charge in [-0.05, 0) is 59.8 Å². The molecule has 102 valence electrons. The average molecular weight is 316 g/mol. The van der Waals surface area contributed by atoms with Crippen LogP contribution in [0.25, 0.3) is 0 Å². The van der Waals surface area contributed by atoms with E-state index in [9.17, 15) is 4.39 Å². The molecule has 0 aliphatic heterocycles. The Balaban J connectivity index is 2.58. The molecule has 0 aliphatic carbocycles. The third kappa shape index (κ3) is 4.69. The largest absolute Gasteiger partial charge is 0.308 e. The fourth-order valence-corrected chi connectivity index (χ4v) is 2.54. The SMILES string of the molecule is CCC(C)CC(C)NC(C)c1ccc(F)c(Br)c1. The minimum absolute atomic E-state index is 0.210. The van der Waals surface area contributed by atoms with Crippen molar-refractivity contribution in [3.63, 3.8) is 0 Å². The van der Waals surface area contributed by atoms with Crippen molar-refractivity contribution in [2.75, 3.05) is 0 Å². The number of rotatable bonds is 6. The van der Waals surface area contributed by atoms with Gasteiger partial charge >= 0.3 is 0 Å². The lowest BCUT2D eigenvalue weighted by Gasteiger charge is -2.22. The summed E-state index contributed by atoms with van der Waals surface area (Å²) in [7, 11) is 0. The maximum atomic E-state index is 13.2. The van der Waals surface area contributed by atoms with Crippen LogP contribution in [0, 0.1) is 11.7 Å². The van der Waals surface area contributed by atoms with Crippen LogP contribution in [0.4, 0.5) is 4.39 Å². The molecule has 1 N–H and O–H groups in total. The maximum Gasteiger partial charge on any atom is 0.137 e. The number of nitrogens with one attached hydrogen (secondary N) is 1. The monoisotopic (exact) mass is 315 g/mol. The summed E-state index contributed by atoms with van der Waals surface area (Å²) in [5.41, 5.74) is 1.11. The van der Waals surface area contributed by atoms with Gasteiger partial charge in [0.15, 0.2) is 0 Å². The van der Waals surface area contributed by atoms with Crippen LogP contribution < -0.4 is 5.32 Å². The van der Waals surface area contributed by atoms with Gasteiger partial charge in [0.05, 0.1) is 4.47 Å². The highest BCUT2D eigenvalue weighted by atomic mass is 79.9. The number of hydrogen-bond acceptors (Lipinski definition) is 1. The Hall–Kier alpha value is -0.410. The fraction of sp³-hybridized carbons (Fsp3) is 0.600. The average Bonchev–Trinajstić information content (AvgIpc) is 2.32. The van der Waals surface area contributed by atoms with Gasteiger partial charge in [-0.15, -0.1) is 0 Å². The van der Waals surface area contributed by atoms with Gasteiger partial charge < -0.3 is 5.32 Å². The molecule has 0 saturated carbocycles. The molecule has 1 aromatic carbocycles. The Morgan fingerprint density at radius 2 is 1.94 bits per heavy atom. The molecule has 0 aromatic heterocycles. The summed E-state index contributed by atoms with van der Waals surface area (Å²) in [6, 6.07) is 5.91. The Bertz CT molecular complexity index is 381. The molecule has 0 spiro atoms. The molecule has 3 atom stereocenters. The van der Waals surface area contributed by atoms with Crippen LogP contribution in [0.15, 0.2) is 22.7 Å². The van der Waals surface area contributed by atoms with Crippen molar-refractivity contribution >= 4 is 15.9 Å². The first-order valence-corrected chi connectivity index (χ1v) is 7.44. The molecule has 1 nitrogen and oxygen atoms in total. The van der Waals surface area contributed by atoms with Crippen molar-refractivity contribution in [1.29, 1.82) is 0 Å². The second-order valence-corrected chi connectivity index (χ2v) is 6.07. The highest BCUT2D eigenvalue weighted by Crippen LogP contribution is 2.22. The van der Waals surface area contributed by atoms with Gasteiger partial charge in [0.2, 0.25) is 0 Å². The summed E-state index contributed by atoms with van der Waals surface area (Å²) in [4.78, 5) is 0. The number of halogens is 2. The van der Waals surface area contributed by atoms with Crippen molar-refractivity contribution in [2.24, 2.45) is 5.92 Å². The zero-order valence-electron chi connectivity index (χ0n) is 11.6. The molecule has 3 heteroatoms. The Kier molecular flexibility index (Phi) is 6.30. The molecular formula is C15H23BrFN. The van der Waals surface area contributed by atoms with E-state index in [0.717, 1.165) is 11.5 Å². The van der Waals surface area contributed by atoms with Crippen molar-refractivity contribution in [2.45, 2.75) is 52.6 Å². The highest BCUT2D eigenvalue weighted by molar-refractivity contribution is 9.10. The lowest BCUT2D eigenvalue weighted by molar-refractivity contribution is 0.385. The zero-order chi connectivity index (χ0) is 13.7. The third-order valence-electron chi connectivity index (χ3n) is 3.43. The molecule has 0 bridgehead atoms. The summed E-state index contributed by atoms with van der Waals surface area (Å²) in [6.07, 6.45) is 2.38. The number of benzene rings is 1. The van der Waals surface area contributed by atoms with Gasteiger partial charge in [-0.2, -0.15) is 0 Å². The Morgan fingerprint density at radius 1 is 1.28 bits per heavy atom. The molecule has 18 heavy (non-hydrogen) atoms. The molecule has 0 heterocycles. The van der Waals surface area contributed by atoms with Crippen LogP contribution in [0.5, 0.6) is 0 Å². The summed E-state index contributed by atoms with van der Waals surface area (Å²) < 4.78 is 13.7. The van der Waals surface area contributed by atoms with Crippen LogP contribution in [-0.2, 0) is 0 Å². The van der Waals surface area contributed by atoms with Crippen LogP contribution in [0.2, 0.25) is 0 Å². The standard InChI is InChI=1S/C15H23BrFN/c1-5-10(2)8-11(3)18-12(4)13-6-7-15(17)14(16)9-13/h6-7,9-12,18H,5,8H2,1-4H3. The first-order valence-electron chi connectivity index (χ1n) is 6.65.